The normalized spacial score (nSPS) is 20.3. The highest BCUT2D eigenvalue weighted by atomic mass is 16.2. The van der Waals surface area contributed by atoms with Crippen LogP contribution in [0.15, 0.2) is 24.3 Å². The summed E-state index contributed by atoms with van der Waals surface area (Å²) in [6.45, 7) is 5.80. The van der Waals surface area contributed by atoms with Gasteiger partial charge in [-0.1, -0.05) is 17.7 Å². The van der Waals surface area contributed by atoms with Crippen molar-refractivity contribution >= 4 is 5.91 Å². The van der Waals surface area contributed by atoms with Crippen molar-refractivity contribution in [2.45, 2.75) is 13.0 Å². The summed E-state index contributed by atoms with van der Waals surface area (Å²) in [4.78, 5) is 16.5. The zero-order valence-electron chi connectivity index (χ0n) is 12.0. The summed E-state index contributed by atoms with van der Waals surface area (Å²) in [5, 5.41) is 3.38. The van der Waals surface area contributed by atoms with Crippen LogP contribution in [0.25, 0.3) is 0 Å². The Kier molecular flexibility index (Phi) is 4.56. The van der Waals surface area contributed by atoms with Crippen LogP contribution in [0, 0.1) is 6.92 Å². The molecule has 1 N–H and O–H groups in total. The number of carbonyl (C=O) groups excluding carboxylic acids is 1. The fourth-order valence-electron chi connectivity index (χ4n) is 2.38. The van der Waals surface area contributed by atoms with E-state index >= 15 is 0 Å². The first-order chi connectivity index (χ1) is 9.08. The second-order valence-electron chi connectivity index (χ2n) is 5.39. The van der Waals surface area contributed by atoms with Crippen molar-refractivity contribution < 1.29 is 4.79 Å². The quantitative estimate of drug-likeness (QED) is 0.881. The number of benzene rings is 1. The second-order valence-corrected chi connectivity index (χ2v) is 5.39. The standard InChI is InChI=1S/C15H23N3O/c1-12-4-6-13(7-5-12)15(19)18(3)11-14-10-16-8-9-17(14)2/h4-7,14,16H,8-11H2,1-3H3. The maximum absolute atomic E-state index is 12.3. The number of piperazine rings is 1. The highest BCUT2D eigenvalue weighted by molar-refractivity contribution is 5.94. The minimum Gasteiger partial charge on any atom is -0.340 e. The summed E-state index contributed by atoms with van der Waals surface area (Å²) in [6, 6.07) is 8.16. The van der Waals surface area contributed by atoms with Gasteiger partial charge in [0.25, 0.3) is 5.91 Å². The van der Waals surface area contributed by atoms with Crippen LogP contribution in [-0.2, 0) is 0 Å². The smallest absolute Gasteiger partial charge is 0.253 e. The van der Waals surface area contributed by atoms with Gasteiger partial charge in [0.15, 0.2) is 0 Å². The molecule has 19 heavy (non-hydrogen) atoms. The molecular formula is C15H23N3O. The van der Waals surface area contributed by atoms with Crippen LogP contribution in [0.2, 0.25) is 0 Å². The van der Waals surface area contributed by atoms with E-state index in [4.69, 9.17) is 0 Å². The van der Waals surface area contributed by atoms with E-state index in [-0.39, 0.29) is 5.91 Å². The van der Waals surface area contributed by atoms with E-state index in [1.165, 1.54) is 5.56 Å². The lowest BCUT2D eigenvalue weighted by molar-refractivity contribution is 0.0729. The lowest BCUT2D eigenvalue weighted by Crippen LogP contribution is -2.54. The molecule has 1 saturated heterocycles. The van der Waals surface area contributed by atoms with Gasteiger partial charge in [0.1, 0.15) is 0 Å². The second kappa shape index (κ2) is 6.17. The number of likely N-dealkylation sites (N-methyl/N-ethyl adjacent to an activating group) is 2. The predicted molar refractivity (Wildman–Crippen MR) is 77.4 cm³/mol. The summed E-state index contributed by atoms with van der Waals surface area (Å²) in [5.74, 6) is 0.0963. The highest BCUT2D eigenvalue weighted by Gasteiger charge is 2.22. The Labute approximate surface area is 115 Å². The van der Waals surface area contributed by atoms with Crippen LogP contribution in [0.4, 0.5) is 0 Å². The van der Waals surface area contributed by atoms with E-state index in [0.717, 1.165) is 31.7 Å². The third kappa shape index (κ3) is 3.55. The van der Waals surface area contributed by atoms with Gasteiger partial charge in [-0.25, -0.2) is 0 Å². The molecule has 0 spiro atoms. The molecule has 0 radical (unpaired) electrons. The molecule has 1 aliphatic rings. The molecule has 4 heteroatoms. The minimum atomic E-state index is 0.0963. The van der Waals surface area contributed by atoms with Crippen molar-refractivity contribution in [2.24, 2.45) is 0 Å². The van der Waals surface area contributed by atoms with Gasteiger partial charge >= 0.3 is 0 Å². The number of hydrogen-bond donors (Lipinski definition) is 1. The zero-order chi connectivity index (χ0) is 13.8. The molecule has 1 aliphatic heterocycles. The number of aryl methyl sites for hydroxylation is 1. The molecule has 1 aromatic rings. The fourth-order valence-corrected chi connectivity index (χ4v) is 2.38. The highest BCUT2D eigenvalue weighted by Crippen LogP contribution is 2.08. The fraction of sp³-hybridized carbons (Fsp3) is 0.533. The molecule has 1 atom stereocenters. The molecule has 1 fully saturated rings. The number of carbonyl (C=O) groups is 1. The van der Waals surface area contributed by atoms with Gasteiger partial charge in [-0.2, -0.15) is 0 Å². The van der Waals surface area contributed by atoms with Gasteiger partial charge in [-0.15, -0.1) is 0 Å². The Balaban J connectivity index is 1.97. The van der Waals surface area contributed by atoms with Crippen LogP contribution in [0.1, 0.15) is 15.9 Å². The Morgan fingerprint density at radius 1 is 1.42 bits per heavy atom. The number of hydrogen-bond acceptors (Lipinski definition) is 3. The van der Waals surface area contributed by atoms with E-state index in [1.54, 1.807) is 0 Å². The van der Waals surface area contributed by atoms with Gasteiger partial charge in [-0.3, -0.25) is 9.69 Å². The van der Waals surface area contributed by atoms with Crippen LogP contribution in [0.5, 0.6) is 0 Å². The summed E-state index contributed by atoms with van der Waals surface area (Å²) in [7, 11) is 4.00. The molecule has 1 heterocycles. The van der Waals surface area contributed by atoms with Crippen molar-refractivity contribution in [3.8, 4) is 0 Å². The van der Waals surface area contributed by atoms with Crippen molar-refractivity contribution in [2.75, 3.05) is 40.3 Å². The maximum Gasteiger partial charge on any atom is 0.253 e. The molecule has 0 saturated carbocycles. The molecule has 1 unspecified atom stereocenters. The number of nitrogens with zero attached hydrogens (tertiary/aromatic N) is 2. The largest absolute Gasteiger partial charge is 0.340 e. The topological polar surface area (TPSA) is 35.6 Å². The third-order valence-electron chi connectivity index (χ3n) is 3.77. The SMILES string of the molecule is Cc1ccc(C(=O)N(C)CC2CNCCN2C)cc1. The molecule has 0 bridgehead atoms. The molecule has 1 amide bonds. The Morgan fingerprint density at radius 3 is 2.74 bits per heavy atom. The van der Waals surface area contributed by atoms with E-state index in [9.17, 15) is 4.79 Å². The number of nitrogens with one attached hydrogen (secondary N) is 1. The van der Waals surface area contributed by atoms with Crippen LogP contribution in [0.3, 0.4) is 0 Å². The summed E-state index contributed by atoms with van der Waals surface area (Å²) < 4.78 is 0. The predicted octanol–water partition coefficient (Wildman–Crippen LogP) is 0.971. The van der Waals surface area contributed by atoms with E-state index < -0.39 is 0 Å². The van der Waals surface area contributed by atoms with E-state index in [2.05, 4.69) is 17.3 Å². The van der Waals surface area contributed by atoms with Crippen molar-refractivity contribution in [1.82, 2.24) is 15.1 Å². The first-order valence-electron chi connectivity index (χ1n) is 6.81. The van der Waals surface area contributed by atoms with E-state index in [1.807, 2.05) is 43.1 Å². The first-order valence-corrected chi connectivity index (χ1v) is 6.81. The van der Waals surface area contributed by atoms with Gasteiger partial charge < -0.3 is 10.2 Å². The van der Waals surface area contributed by atoms with Crippen LogP contribution >= 0.6 is 0 Å². The van der Waals surface area contributed by atoms with Gasteiger partial charge in [0.2, 0.25) is 0 Å². The molecule has 4 nitrogen and oxygen atoms in total. The maximum atomic E-state index is 12.3. The zero-order valence-corrected chi connectivity index (χ0v) is 12.0. The Hall–Kier alpha value is -1.39. The molecule has 0 aliphatic carbocycles. The molecule has 104 valence electrons. The number of amides is 1. The van der Waals surface area contributed by atoms with E-state index in [0.29, 0.717) is 6.04 Å². The van der Waals surface area contributed by atoms with Gasteiger partial charge in [0.05, 0.1) is 0 Å². The molecule has 2 rings (SSSR count). The third-order valence-corrected chi connectivity index (χ3v) is 3.77. The lowest BCUT2D eigenvalue weighted by atomic mass is 10.1. The van der Waals surface area contributed by atoms with Gasteiger partial charge in [0, 0.05) is 44.8 Å². The average Bonchev–Trinajstić information content (AvgIpc) is 2.41. The summed E-state index contributed by atoms with van der Waals surface area (Å²) in [5.41, 5.74) is 1.94. The van der Waals surface area contributed by atoms with Crippen molar-refractivity contribution in [3.63, 3.8) is 0 Å². The number of rotatable bonds is 3. The lowest BCUT2D eigenvalue weighted by Gasteiger charge is -2.35. The van der Waals surface area contributed by atoms with Gasteiger partial charge in [-0.05, 0) is 26.1 Å². The monoisotopic (exact) mass is 261 g/mol. The van der Waals surface area contributed by atoms with Crippen LogP contribution < -0.4 is 5.32 Å². The molecule has 1 aromatic carbocycles. The Morgan fingerprint density at radius 2 is 2.11 bits per heavy atom. The van der Waals surface area contributed by atoms with Crippen LogP contribution in [-0.4, -0.2) is 62.0 Å². The average molecular weight is 261 g/mol. The molecular weight excluding hydrogens is 238 g/mol. The van der Waals surface area contributed by atoms with Crippen molar-refractivity contribution in [1.29, 1.82) is 0 Å². The first kappa shape index (κ1) is 14.0. The molecule has 0 aromatic heterocycles. The van der Waals surface area contributed by atoms with Crippen molar-refractivity contribution in [3.05, 3.63) is 35.4 Å². The minimum absolute atomic E-state index is 0.0963. The summed E-state index contributed by atoms with van der Waals surface area (Å²) >= 11 is 0. The summed E-state index contributed by atoms with van der Waals surface area (Å²) in [6.07, 6.45) is 0. The Bertz CT molecular complexity index is 430.